The van der Waals surface area contributed by atoms with Gasteiger partial charge in [-0.25, -0.2) is 0 Å². The molecule has 1 aliphatic rings. The van der Waals surface area contributed by atoms with Gasteiger partial charge in [-0.2, -0.15) is 4.98 Å². The molecule has 0 bridgehead atoms. The zero-order chi connectivity index (χ0) is 14.0. The molecule has 20 heavy (non-hydrogen) atoms. The van der Waals surface area contributed by atoms with E-state index in [9.17, 15) is 0 Å². The second-order valence-corrected chi connectivity index (χ2v) is 6.14. The largest absolute Gasteiger partial charge is 0.338 e. The molecule has 1 fully saturated rings. The Morgan fingerprint density at radius 2 is 2.05 bits per heavy atom. The van der Waals surface area contributed by atoms with Gasteiger partial charge in [0, 0.05) is 10.0 Å². The Kier molecular flexibility index (Phi) is 3.89. The van der Waals surface area contributed by atoms with Crippen LogP contribution in [-0.2, 0) is 5.41 Å². The van der Waals surface area contributed by atoms with Crippen molar-refractivity contribution in [2.24, 2.45) is 0 Å². The summed E-state index contributed by atoms with van der Waals surface area (Å²) in [7, 11) is 0. The second kappa shape index (κ2) is 5.66. The minimum Gasteiger partial charge on any atom is -0.338 e. The Morgan fingerprint density at radius 3 is 2.75 bits per heavy atom. The van der Waals surface area contributed by atoms with Crippen LogP contribution < -0.4 is 5.32 Å². The van der Waals surface area contributed by atoms with Crippen molar-refractivity contribution >= 4 is 15.9 Å². The molecule has 4 nitrogen and oxygen atoms in total. The van der Waals surface area contributed by atoms with E-state index in [4.69, 9.17) is 4.52 Å². The van der Waals surface area contributed by atoms with Crippen molar-refractivity contribution in [2.75, 3.05) is 13.1 Å². The van der Waals surface area contributed by atoms with E-state index in [0.717, 1.165) is 48.3 Å². The summed E-state index contributed by atoms with van der Waals surface area (Å²) < 4.78 is 6.59. The molecule has 2 heterocycles. The van der Waals surface area contributed by atoms with Gasteiger partial charge < -0.3 is 9.84 Å². The Labute approximate surface area is 127 Å². The number of piperidine rings is 1. The number of nitrogens with zero attached hydrogens (tertiary/aromatic N) is 2. The van der Waals surface area contributed by atoms with E-state index in [1.54, 1.807) is 0 Å². The van der Waals surface area contributed by atoms with Gasteiger partial charge in [-0.05, 0) is 44.5 Å². The van der Waals surface area contributed by atoms with Gasteiger partial charge in [0.2, 0.25) is 11.7 Å². The van der Waals surface area contributed by atoms with Crippen LogP contribution in [0.2, 0.25) is 0 Å². The smallest absolute Gasteiger partial charge is 0.233 e. The van der Waals surface area contributed by atoms with Gasteiger partial charge in [0.05, 0.1) is 5.41 Å². The van der Waals surface area contributed by atoms with Crippen molar-refractivity contribution in [1.82, 2.24) is 15.5 Å². The van der Waals surface area contributed by atoms with Crippen LogP contribution >= 0.6 is 15.9 Å². The molecular weight excluding hydrogens is 318 g/mol. The maximum Gasteiger partial charge on any atom is 0.233 e. The van der Waals surface area contributed by atoms with Gasteiger partial charge in [-0.15, -0.1) is 0 Å². The Balaban J connectivity index is 1.95. The molecule has 3 rings (SSSR count). The van der Waals surface area contributed by atoms with E-state index in [-0.39, 0.29) is 5.41 Å². The SMILES string of the molecule is CCC1(c2nc(-c3ccccc3Br)no2)CCNCC1. The number of hydrogen-bond acceptors (Lipinski definition) is 4. The van der Waals surface area contributed by atoms with E-state index in [0.29, 0.717) is 5.82 Å². The van der Waals surface area contributed by atoms with Crippen LogP contribution in [0.15, 0.2) is 33.3 Å². The van der Waals surface area contributed by atoms with E-state index < -0.39 is 0 Å². The molecular formula is C15H18BrN3O. The van der Waals surface area contributed by atoms with Crippen LogP contribution in [0, 0.1) is 0 Å². The van der Waals surface area contributed by atoms with E-state index in [2.05, 4.69) is 38.3 Å². The molecule has 0 saturated carbocycles. The third kappa shape index (κ3) is 2.40. The first-order valence-electron chi connectivity index (χ1n) is 7.05. The van der Waals surface area contributed by atoms with E-state index >= 15 is 0 Å². The number of nitrogens with one attached hydrogen (secondary N) is 1. The Hall–Kier alpha value is -1.20. The lowest BCUT2D eigenvalue weighted by atomic mass is 9.76. The monoisotopic (exact) mass is 335 g/mol. The number of rotatable bonds is 3. The molecule has 0 aliphatic carbocycles. The molecule has 5 heteroatoms. The minimum absolute atomic E-state index is 0.0394. The molecule has 1 N–H and O–H groups in total. The summed E-state index contributed by atoms with van der Waals surface area (Å²) in [5, 5.41) is 7.57. The standard InChI is InChI=1S/C15H18BrN3O/c1-2-15(7-9-17-10-8-15)14-18-13(19-20-14)11-5-3-4-6-12(11)16/h3-6,17H,2,7-10H2,1H3. The normalized spacial score (nSPS) is 18.1. The molecule has 0 amide bonds. The quantitative estimate of drug-likeness (QED) is 0.932. The lowest BCUT2D eigenvalue weighted by Gasteiger charge is -2.33. The summed E-state index contributed by atoms with van der Waals surface area (Å²) in [6.45, 7) is 4.23. The molecule has 1 aliphatic heterocycles. The predicted molar refractivity (Wildman–Crippen MR) is 81.5 cm³/mol. The molecule has 1 saturated heterocycles. The Morgan fingerprint density at radius 1 is 1.30 bits per heavy atom. The van der Waals surface area contributed by atoms with Crippen molar-refractivity contribution in [3.05, 3.63) is 34.6 Å². The fourth-order valence-electron chi connectivity index (χ4n) is 2.81. The van der Waals surface area contributed by atoms with Crippen molar-refractivity contribution < 1.29 is 4.52 Å². The van der Waals surface area contributed by atoms with Crippen molar-refractivity contribution in [3.63, 3.8) is 0 Å². The zero-order valence-corrected chi connectivity index (χ0v) is 13.1. The summed E-state index contributed by atoms with van der Waals surface area (Å²) in [5.41, 5.74) is 1.01. The minimum atomic E-state index is 0.0394. The lowest BCUT2D eigenvalue weighted by molar-refractivity contribution is 0.216. The van der Waals surface area contributed by atoms with Crippen LogP contribution in [0.1, 0.15) is 32.1 Å². The van der Waals surface area contributed by atoms with E-state index in [1.807, 2.05) is 24.3 Å². The summed E-state index contributed by atoms with van der Waals surface area (Å²) in [6.07, 6.45) is 3.15. The van der Waals surface area contributed by atoms with Gasteiger partial charge in [-0.1, -0.05) is 40.1 Å². The van der Waals surface area contributed by atoms with Crippen LogP contribution in [0.3, 0.4) is 0 Å². The molecule has 1 aromatic carbocycles. The first-order chi connectivity index (χ1) is 9.75. The molecule has 2 aromatic rings. The highest BCUT2D eigenvalue weighted by atomic mass is 79.9. The first-order valence-corrected chi connectivity index (χ1v) is 7.84. The zero-order valence-electron chi connectivity index (χ0n) is 11.5. The lowest BCUT2D eigenvalue weighted by Crippen LogP contribution is -2.39. The van der Waals surface area contributed by atoms with Gasteiger partial charge in [0.25, 0.3) is 0 Å². The van der Waals surface area contributed by atoms with Crippen molar-refractivity contribution in [1.29, 1.82) is 0 Å². The highest BCUT2D eigenvalue weighted by Gasteiger charge is 2.37. The molecule has 0 atom stereocenters. The number of benzene rings is 1. The van der Waals surface area contributed by atoms with Crippen LogP contribution in [0.5, 0.6) is 0 Å². The maximum atomic E-state index is 5.60. The molecule has 0 radical (unpaired) electrons. The van der Waals surface area contributed by atoms with Crippen LogP contribution in [-0.4, -0.2) is 23.2 Å². The summed E-state index contributed by atoms with van der Waals surface area (Å²) in [5.74, 6) is 1.45. The van der Waals surface area contributed by atoms with Gasteiger partial charge >= 0.3 is 0 Å². The predicted octanol–water partition coefficient (Wildman–Crippen LogP) is 3.53. The summed E-state index contributed by atoms with van der Waals surface area (Å²) in [4.78, 5) is 4.67. The fraction of sp³-hybridized carbons (Fsp3) is 0.467. The molecule has 1 aromatic heterocycles. The average Bonchev–Trinajstić information content (AvgIpc) is 2.98. The number of aromatic nitrogens is 2. The topological polar surface area (TPSA) is 51.0 Å². The average molecular weight is 336 g/mol. The second-order valence-electron chi connectivity index (χ2n) is 5.29. The number of hydrogen-bond donors (Lipinski definition) is 1. The van der Waals surface area contributed by atoms with Gasteiger partial charge in [-0.3, -0.25) is 0 Å². The van der Waals surface area contributed by atoms with Crippen molar-refractivity contribution in [3.8, 4) is 11.4 Å². The van der Waals surface area contributed by atoms with Crippen LogP contribution in [0.25, 0.3) is 11.4 Å². The molecule has 106 valence electrons. The molecule has 0 unspecified atom stereocenters. The maximum absolute atomic E-state index is 5.60. The van der Waals surface area contributed by atoms with Gasteiger partial charge in [0.1, 0.15) is 0 Å². The van der Waals surface area contributed by atoms with Crippen LogP contribution in [0.4, 0.5) is 0 Å². The Bertz CT molecular complexity index is 590. The fourth-order valence-corrected chi connectivity index (χ4v) is 3.28. The molecule has 0 spiro atoms. The third-order valence-electron chi connectivity index (χ3n) is 4.23. The van der Waals surface area contributed by atoms with Crippen molar-refractivity contribution in [2.45, 2.75) is 31.6 Å². The highest BCUT2D eigenvalue weighted by Crippen LogP contribution is 2.37. The van der Waals surface area contributed by atoms with E-state index in [1.165, 1.54) is 0 Å². The first kappa shape index (κ1) is 13.8. The third-order valence-corrected chi connectivity index (χ3v) is 4.92. The summed E-state index contributed by atoms with van der Waals surface area (Å²) in [6, 6.07) is 7.95. The summed E-state index contributed by atoms with van der Waals surface area (Å²) >= 11 is 3.54. The highest BCUT2D eigenvalue weighted by molar-refractivity contribution is 9.10. The van der Waals surface area contributed by atoms with Gasteiger partial charge in [0.15, 0.2) is 0 Å². The number of halogens is 1.